The van der Waals surface area contributed by atoms with E-state index in [2.05, 4.69) is 0 Å². The molecule has 142 valence electrons. The molecular formula is C23H26O4. The molecule has 2 unspecified atom stereocenters. The molecule has 0 aromatic heterocycles. The first kappa shape index (κ1) is 18.1. The van der Waals surface area contributed by atoms with Crippen molar-refractivity contribution in [3.05, 3.63) is 65.2 Å². The van der Waals surface area contributed by atoms with Crippen molar-refractivity contribution < 1.29 is 19.0 Å². The third kappa shape index (κ3) is 3.46. The molecule has 1 heterocycles. The Morgan fingerprint density at radius 1 is 1.00 bits per heavy atom. The lowest BCUT2D eigenvalue weighted by molar-refractivity contribution is -0.157. The fraction of sp³-hybridized carbons (Fsp3) is 0.435. The smallest absolute Gasteiger partial charge is 0.346 e. The lowest BCUT2D eigenvalue weighted by Gasteiger charge is -2.24. The third-order valence-corrected chi connectivity index (χ3v) is 5.64. The first-order chi connectivity index (χ1) is 13.1. The largest absolute Gasteiger partial charge is 0.497 e. The molecule has 2 aliphatic rings. The zero-order valence-electron chi connectivity index (χ0n) is 15.9. The molecule has 2 aromatic carbocycles. The maximum Gasteiger partial charge on any atom is 0.346 e. The average molecular weight is 366 g/mol. The summed E-state index contributed by atoms with van der Waals surface area (Å²) in [6, 6.07) is 15.7. The van der Waals surface area contributed by atoms with Gasteiger partial charge in [-0.3, -0.25) is 0 Å². The van der Waals surface area contributed by atoms with Crippen LogP contribution in [0.2, 0.25) is 0 Å². The van der Waals surface area contributed by atoms with Gasteiger partial charge in [0.15, 0.2) is 0 Å². The number of hydrogen-bond acceptors (Lipinski definition) is 4. The average Bonchev–Trinajstić information content (AvgIpc) is 3.46. The Bertz CT molecular complexity index is 790. The van der Waals surface area contributed by atoms with Crippen LogP contribution in [0, 0.1) is 6.92 Å². The zero-order chi connectivity index (χ0) is 18.9. The van der Waals surface area contributed by atoms with E-state index >= 15 is 0 Å². The van der Waals surface area contributed by atoms with Gasteiger partial charge in [0.1, 0.15) is 18.0 Å². The van der Waals surface area contributed by atoms with Gasteiger partial charge in [0.2, 0.25) is 5.60 Å². The monoisotopic (exact) mass is 366 g/mol. The Balaban J connectivity index is 1.62. The third-order valence-electron chi connectivity index (χ3n) is 5.64. The van der Waals surface area contributed by atoms with Crippen LogP contribution in [0.5, 0.6) is 5.75 Å². The van der Waals surface area contributed by atoms with Gasteiger partial charge in [-0.05, 0) is 55.9 Å². The van der Waals surface area contributed by atoms with Gasteiger partial charge in [-0.15, -0.1) is 0 Å². The van der Waals surface area contributed by atoms with Crippen LogP contribution >= 0.6 is 0 Å². The Morgan fingerprint density at radius 2 is 1.67 bits per heavy atom. The van der Waals surface area contributed by atoms with Crippen molar-refractivity contribution in [2.75, 3.05) is 7.11 Å². The summed E-state index contributed by atoms with van der Waals surface area (Å²) in [5, 5.41) is 0. The maximum atomic E-state index is 13.2. The fourth-order valence-corrected chi connectivity index (χ4v) is 3.95. The molecule has 1 saturated carbocycles. The van der Waals surface area contributed by atoms with E-state index in [0.717, 1.165) is 48.1 Å². The number of epoxide rings is 1. The SMILES string of the molecule is COc1ccc(C2OC2(C(=O)OC2CCCCC2)c2ccc(C)cc2)cc1. The van der Waals surface area contributed by atoms with Gasteiger partial charge in [-0.25, -0.2) is 4.79 Å². The number of benzene rings is 2. The number of esters is 1. The van der Waals surface area contributed by atoms with Gasteiger partial charge in [-0.1, -0.05) is 48.4 Å². The summed E-state index contributed by atoms with van der Waals surface area (Å²) in [6.07, 6.45) is 5.04. The van der Waals surface area contributed by atoms with Crippen molar-refractivity contribution in [3.63, 3.8) is 0 Å². The molecule has 27 heavy (non-hydrogen) atoms. The number of aryl methyl sites for hydroxylation is 1. The van der Waals surface area contributed by atoms with Crippen molar-refractivity contribution in [2.24, 2.45) is 0 Å². The van der Waals surface area contributed by atoms with Gasteiger partial charge in [-0.2, -0.15) is 0 Å². The van der Waals surface area contributed by atoms with E-state index in [0.29, 0.717) is 0 Å². The predicted molar refractivity (Wildman–Crippen MR) is 103 cm³/mol. The standard InChI is InChI=1S/C23H26O4/c1-16-8-12-18(13-9-16)23(22(24)26-20-6-4-3-5-7-20)21(27-23)17-10-14-19(25-2)15-11-17/h8-15,20-21H,3-7H2,1-2H3. The summed E-state index contributed by atoms with van der Waals surface area (Å²) in [6.45, 7) is 2.03. The van der Waals surface area contributed by atoms with Crippen LogP contribution in [0.25, 0.3) is 0 Å². The molecule has 4 nitrogen and oxygen atoms in total. The van der Waals surface area contributed by atoms with Gasteiger partial charge in [0, 0.05) is 0 Å². The molecule has 0 spiro atoms. The summed E-state index contributed by atoms with van der Waals surface area (Å²) >= 11 is 0. The lowest BCUT2D eigenvalue weighted by Crippen LogP contribution is -2.31. The van der Waals surface area contributed by atoms with Crippen LogP contribution in [0.3, 0.4) is 0 Å². The van der Waals surface area contributed by atoms with Crippen LogP contribution in [-0.4, -0.2) is 19.2 Å². The molecular weight excluding hydrogens is 340 g/mol. The zero-order valence-corrected chi connectivity index (χ0v) is 15.9. The van der Waals surface area contributed by atoms with Gasteiger partial charge < -0.3 is 14.2 Å². The molecule has 1 saturated heterocycles. The van der Waals surface area contributed by atoms with Crippen molar-refractivity contribution in [1.82, 2.24) is 0 Å². The van der Waals surface area contributed by atoms with Crippen LogP contribution in [0.1, 0.15) is 54.9 Å². The van der Waals surface area contributed by atoms with E-state index < -0.39 is 5.60 Å². The highest BCUT2D eigenvalue weighted by Crippen LogP contribution is 2.58. The number of carbonyl (C=O) groups excluding carboxylic acids is 1. The highest BCUT2D eigenvalue weighted by atomic mass is 16.7. The maximum absolute atomic E-state index is 13.2. The highest BCUT2D eigenvalue weighted by Gasteiger charge is 2.66. The second-order valence-corrected chi connectivity index (χ2v) is 7.54. The molecule has 2 atom stereocenters. The molecule has 4 rings (SSSR count). The Morgan fingerprint density at radius 3 is 2.30 bits per heavy atom. The summed E-state index contributed by atoms with van der Waals surface area (Å²) in [5.41, 5.74) is 1.92. The molecule has 1 aliphatic carbocycles. The van der Waals surface area contributed by atoms with Crippen molar-refractivity contribution in [3.8, 4) is 5.75 Å². The van der Waals surface area contributed by atoms with E-state index in [1.54, 1.807) is 7.11 Å². The van der Waals surface area contributed by atoms with Crippen molar-refractivity contribution in [2.45, 2.75) is 56.8 Å². The van der Waals surface area contributed by atoms with Gasteiger partial charge in [0.25, 0.3) is 0 Å². The minimum atomic E-state index is -1.04. The fourth-order valence-electron chi connectivity index (χ4n) is 3.95. The number of carbonyl (C=O) groups is 1. The Hall–Kier alpha value is -2.33. The summed E-state index contributed by atoms with van der Waals surface area (Å²) in [5.74, 6) is 0.518. The lowest BCUT2D eigenvalue weighted by atomic mass is 9.90. The first-order valence-electron chi connectivity index (χ1n) is 9.73. The number of ether oxygens (including phenoxy) is 3. The highest BCUT2D eigenvalue weighted by molar-refractivity contribution is 5.86. The van der Waals surface area contributed by atoms with E-state index in [4.69, 9.17) is 14.2 Å². The molecule has 0 amide bonds. The van der Waals surface area contributed by atoms with Gasteiger partial charge >= 0.3 is 5.97 Å². The quantitative estimate of drug-likeness (QED) is 0.561. The number of hydrogen-bond donors (Lipinski definition) is 0. The van der Waals surface area contributed by atoms with E-state index in [1.165, 1.54) is 6.42 Å². The summed E-state index contributed by atoms with van der Waals surface area (Å²) in [7, 11) is 1.64. The van der Waals surface area contributed by atoms with E-state index in [9.17, 15) is 4.79 Å². The number of rotatable bonds is 5. The van der Waals surface area contributed by atoms with Crippen LogP contribution < -0.4 is 4.74 Å². The second-order valence-electron chi connectivity index (χ2n) is 7.54. The Labute approximate surface area is 160 Å². The first-order valence-corrected chi connectivity index (χ1v) is 9.73. The minimum Gasteiger partial charge on any atom is -0.497 e. The Kier molecular flexibility index (Phi) is 4.92. The summed E-state index contributed by atoms with van der Waals surface area (Å²) < 4.78 is 17.2. The topological polar surface area (TPSA) is 48.1 Å². The van der Waals surface area contributed by atoms with E-state index in [1.807, 2.05) is 55.5 Å². The van der Waals surface area contributed by atoms with Gasteiger partial charge in [0.05, 0.1) is 7.11 Å². The molecule has 0 radical (unpaired) electrons. The molecule has 1 aliphatic heterocycles. The number of methoxy groups -OCH3 is 1. The van der Waals surface area contributed by atoms with Crippen LogP contribution in [0.15, 0.2) is 48.5 Å². The normalized spacial score (nSPS) is 25.0. The van der Waals surface area contributed by atoms with Crippen LogP contribution in [-0.2, 0) is 19.9 Å². The van der Waals surface area contributed by atoms with Crippen LogP contribution in [0.4, 0.5) is 0 Å². The van der Waals surface area contributed by atoms with Crippen molar-refractivity contribution in [1.29, 1.82) is 0 Å². The molecule has 2 fully saturated rings. The van der Waals surface area contributed by atoms with Crippen molar-refractivity contribution >= 4 is 5.97 Å². The molecule has 2 aromatic rings. The second kappa shape index (κ2) is 7.35. The predicted octanol–water partition coefficient (Wildman–Crippen LogP) is 4.85. The molecule has 4 heteroatoms. The summed E-state index contributed by atoms with van der Waals surface area (Å²) in [4.78, 5) is 13.2. The molecule has 0 bridgehead atoms. The molecule has 0 N–H and O–H groups in total. The van der Waals surface area contributed by atoms with E-state index in [-0.39, 0.29) is 18.2 Å². The minimum absolute atomic E-state index is 0.00860.